The maximum Gasteiger partial charge on any atom is 0.354 e. The molecule has 2 N–H and O–H groups in total. The molecule has 0 aliphatic carbocycles. The van der Waals surface area contributed by atoms with Crippen LogP contribution in [0.2, 0.25) is 0 Å². The van der Waals surface area contributed by atoms with Crippen LogP contribution in [0, 0.1) is 0 Å². The van der Waals surface area contributed by atoms with Crippen LogP contribution in [-0.2, 0) is 4.74 Å². The number of carbonyl (C=O) groups is 2. The van der Waals surface area contributed by atoms with Crippen molar-refractivity contribution in [3.63, 3.8) is 0 Å². The summed E-state index contributed by atoms with van der Waals surface area (Å²) >= 11 is 0. The van der Waals surface area contributed by atoms with E-state index in [1.54, 1.807) is 38.2 Å². The number of hydrogen-bond donors (Lipinski definition) is 2. The lowest BCUT2D eigenvalue weighted by Gasteiger charge is -1.98. The summed E-state index contributed by atoms with van der Waals surface area (Å²) < 4.78 is 4.91. The first-order valence-electron chi connectivity index (χ1n) is 5.67. The number of rotatable bonds is 3. The largest absolute Gasteiger partial charge is 0.461 e. The second-order valence-electron chi connectivity index (χ2n) is 3.78. The molecule has 5 nitrogen and oxygen atoms in total. The average Bonchev–Trinajstić information content (AvgIpc) is 2.80. The van der Waals surface area contributed by atoms with Crippen LogP contribution in [0.3, 0.4) is 0 Å². The van der Waals surface area contributed by atoms with Crippen molar-refractivity contribution in [2.75, 3.05) is 13.7 Å². The Labute approximate surface area is 104 Å². The van der Waals surface area contributed by atoms with Gasteiger partial charge in [0.1, 0.15) is 5.69 Å². The van der Waals surface area contributed by atoms with Gasteiger partial charge in [-0.3, -0.25) is 4.79 Å². The van der Waals surface area contributed by atoms with Crippen molar-refractivity contribution >= 4 is 22.8 Å². The minimum atomic E-state index is -0.393. The van der Waals surface area contributed by atoms with Crippen molar-refractivity contribution in [1.82, 2.24) is 10.3 Å². The normalized spacial score (nSPS) is 10.3. The van der Waals surface area contributed by atoms with E-state index in [1.807, 2.05) is 0 Å². The molecule has 0 unspecified atom stereocenters. The lowest BCUT2D eigenvalue weighted by Crippen LogP contribution is -2.17. The summed E-state index contributed by atoms with van der Waals surface area (Å²) in [7, 11) is 1.58. The molecule has 0 atom stereocenters. The van der Waals surface area contributed by atoms with Crippen molar-refractivity contribution in [2.45, 2.75) is 6.92 Å². The minimum Gasteiger partial charge on any atom is -0.461 e. The zero-order chi connectivity index (χ0) is 13.1. The van der Waals surface area contributed by atoms with Gasteiger partial charge in [-0.05, 0) is 31.2 Å². The predicted octanol–water partition coefficient (Wildman–Crippen LogP) is 1.70. The zero-order valence-corrected chi connectivity index (χ0v) is 10.2. The molecule has 0 radical (unpaired) electrons. The molecule has 5 heteroatoms. The van der Waals surface area contributed by atoms with Crippen LogP contribution < -0.4 is 5.32 Å². The van der Waals surface area contributed by atoms with Crippen LogP contribution in [-0.4, -0.2) is 30.5 Å². The lowest BCUT2D eigenvalue weighted by molar-refractivity contribution is 0.0520. The maximum absolute atomic E-state index is 11.6. The molecule has 0 spiro atoms. The third kappa shape index (κ3) is 2.20. The molecule has 1 amide bonds. The van der Waals surface area contributed by atoms with Gasteiger partial charge in [-0.2, -0.15) is 0 Å². The van der Waals surface area contributed by atoms with E-state index >= 15 is 0 Å². The van der Waals surface area contributed by atoms with E-state index in [9.17, 15) is 9.59 Å². The van der Waals surface area contributed by atoms with E-state index in [-0.39, 0.29) is 5.91 Å². The highest BCUT2D eigenvalue weighted by Gasteiger charge is 2.11. The average molecular weight is 246 g/mol. The van der Waals surface area contributed by atoms with Crippen molar-refractivity contribution in [1.29, 1.82) is 0 Å². The molecular formula is C13H14N2O3. The maximum atomic E-state index is 11.6. The van der Waals surface area contributed by atoms with Gasteiger partial charge in [-0.15, -0.1) is 0 Å². The molecule has 2 rings (SSSR count). The lowest BCUT2D eigenvalue weighted by atomic mass is 10.1. The van der Waals surface area contributed by atoms with E-state index < -0.39 is 5.97 Å². The van der Waals surface area contributed by atoms with Gasteiger partial charge in [-0.1, -0.05) is 0 Å². The van der Waals surface area contributed by atoms with Gasteiger partial charge < -0.3 is 15.0 Å². The highest BCUT2D eigenvalue weighted by molar-refractivity contribution is 6.00. The van der Waals surface area contributed by atoms with E-state index in [2.05, 4.69) is 10.3 Å². The summed E-state index contributed by atoms with van der Waals surface area (Å²) in [6.45, 7) is 2.09. The number of hydrogen-bond acceptors (Lipinski definition) is 3. The number of amides is 1. The number of ether oxygens (including phenoxy) is 1. The quantitative estimate of drug-likeness (QED) is 0.810. The van der Waals surface area contributed by atoms with Crippen molar-refractivity contribution in [3.05, 3.63) is 35.5 Å². The second kappa shape index (κ2) is 4.91. The summed E-state index contributed by atoms with van der Waals surface area (Å²) in [5.74, 6) is -0.550. The van der Waals surface area contributed by atoms with Gasteiger partial charge in [0.25, 0.3) is 5.91 Å². The smallest absolute Gasteiger partial charge is 0.354 e. The SMILES string of the molecule is CCOC(=O)c1cc2cc(C(=O)NC)ccc2[nH]1. The molecule has 1 aromatic heterocycles. The van der Waals surface area contributed by atoms with Crippen LogP contribution >= 0.6 is 0 Å². The Hall–Kier alpha value is -2.30. The van der Waals surface area contributed by atoms with E-state index in [0.717, 1.165) is 10.9 Å². The Kier molecular flexibility index (Phi) is 3.32. The molecule has 0 aliphatic rings. The molecule has 1 aromatic carbocycles. The molecule has 18 heavy (non-hydrogen) atoms. The van der Waals surface area contributed by atoms with Crippen LogP contribution in [0.1, 0.15) is 27.8 Å². The fraction of sp³-hybridized carbons (Fsp3) is 0.231. The molecule has 1 heterocycles. The number of aromatic nitrogens is 1. The number of nitrogens with one attached hydrogen (secondary N) is 2. The van der Waals surface area contributed by atoms with Gasteiger partial charge in [0.15, 0.2) is 0 Å². The molecule has 2 aromatic rings. The predicted molar refractivity (Wildman–Crippen MR) is 67.6 cm³/mol. The van der Waals surface area contributed by atoms with E-state index in [0.29, 0.717) is 17.9 Å². The number of carbonyl (C=O) groups excluding carboxylic acids is 2. The molecule has 0 saturated carbocycles. The first-order chi connectivity index (χ1) is 8.65. The van der Waals surface area contributed by atoms with Gasteiger partial charge in [0.2, 0.25) is 0 Å². The van der Waals surface area contributed by atoms with Crippen LogP contribution in [0.25, 0.3) is 10.9 Å². The molecule has 0 fully saturated rings. The molecule has 0 aliphatic heterocycles. The number of esters is 1. The first kappa shape index (κ1) is 12.2. The fourth-order valence-corrected chi connectivity index (χ4v) is 1.74. The van der Waals surface area contributed by atoms with Crippen LogP contribution in [0.4, 0.5) is 0 Å². The number of aromatic amines is 1. The fourth-order valence-electron chi connectivity index (χ4n) is 1.74. The third-order valence-electron chi connectivity index (χ3n) is 2.61. The summed E-state index contributed by atoms with van der Waals surface area (Å²) in [6, 6.07) is 6.88. The van der Waals surface area contributed by atoms with Gasteiger partial charge in [-0.25, -0.2) is 4.79 Å². The van der Waals surface area contributed by atoms with Crippen molar-refractivity contribution in [2.24, 2.45) is 0 Å². The van der Waals surface area contributed by atoms with Crippen molar-refractivity contribution < 1.29 is 14.3 Å². The zero-order valence-electron chi connectivity index (χ0n) is 10.2. The Morgan fingerprint density at radius 3 is 2.78 bits per heavy atom. The molecule has 0 saturated heterocycles. The Bertz CT molecular complexity index is 601. The van der Waals surface area contributed by atoms with Gasteiger partial charge in [0, 0.05) is 23.5 Å². The number of fused-ring (bicyclic) bond motifs is 1. The Morgan fingerprint density at radius 1 is 1.33 bits per heavy atom. The van der Waals surface area contributed by atoms with Crippen LogP contribution in [0.15, 0.2) is 24.3 Å². The van der Waals surface area contributed by atoms with E-state index in [4.69, 9.17) is 4.74 Å². The molecule has 94 valence electrons. The second-order valence-corrected chi connectivity index (χ2v) is 3.78. The van der Waals surface area contributed by atoms with Gasteiger partial charge >= 0.3 is 5.97 Å². The Balaban J connectivity index is 2.39. The first-order valence-corrected chi connectivity index (χ1v) is 5.67. The number of benzene rings is 1. The highest BCUT2D eigenvalue weighted by atomic mass is 16.5. The van der Waals surface area contributed by atoms with E-state index in [1.165, 1.54) is 0 Å². The minimum absolute atomic E-state index is 0.157. The highest BCUT2D eigenvalue weighted by Crippen LogP contribution is 2.18. The number of H-pyrrole nitrogens is 1. The summed E-state index contributed by atoms with van der Waals surface area (Å²) in [4.78, 5) is 26.0. The topological polar surface area (TPSA) is 71.2 Å². The van der Waals surface area contributed by atoms with Crippen molar-refractivity contribution in [3.8, 4) is 0 Å². The van der Waals surface area contributed by atoms with Gasteiger partial charge in [0.05, 0.1) is 6.61 Å². The van der Waals surface area contributed by atoms with Crippen LogP contribution in [0.5, 0.6) is 0 Å². The standard InChI is InChI=1S/C13H14N2O3/c1-3-18-13(17)11-7-9-6-8(12(16)14-2)4-5-10(9)15-11/h4-7,15H,3H2,1-2H3,(H,14,16). The molecule has 0 bridgehead atoms. The summed E-state index contributed by atoms with van der Waals surface area (Å²) in [5.41, 5.74) is 1.74. The Morgan fingerprint density at radius 2 is 2.11 bits per heavy atom. The summed E-state index contributed by atoms with van der Waals surface area (Å²) in [6.07, 6.45) is 0. The monoisotopic (exact) mass is 246 g/mol. The summed E-state index contributed by atoms with van der Waals surface area (Å²) in [5, 5.41) is 3.36. The third-order valence-corrected chi connectivity index (χ3v) is 2.61. The molecular weight excluding hydrogens is 232 g/mol.